The zero-order valence-corrected chi connectivity index (χ0v) is 36.3. The summed E-state index contributed by atoms with van der Waals surface area (Å²) < 4.78 is 43.5. The molecule has 0 aromatic heterocycles. The molecule has 2 aliphatic heterocycles. The Morgan fingerprint density at radius 2 is 1.35 bits per heavy atom. The van der Waals surface area contributed by atoms with E-state index in [-0.39, 0.29) is 52.6 Å². The van der Waals surface area contributed by atoms with Crippen molar-refractivity contribution in [3.05, 3.63) is 0 Å². The van der Waals surface area contributed by atoms with Crippen molar-refractivity contribution in [3.63, 3.8) is 0 Å². The second-order valence-corrected chi connectivity index (χ2v) is 20.4. The lowest BCUT2D eigenvalue weighted by atomic mass is 9.35. The number of Topliss-reactive ketones (excluding diaryl/α,β-unsaturated/α-hetero) is 1. The molecule has 0 spiro atoms. The smallest absolute Gasteiger partial charge is 0.303 e. The molecule has 13 nitrogen and oxygen atoms in total. The average molecular weight is 805 g/mol. The van der Waals surface area contributed by atoms with E-state index < -0.39 is 77.3 Å². The summed E-state index contributed by atoms with van der Waals surface area (Å²) in [5.41, 5.74) is -2.63. The highest BCUT2D eigenvalue weighted by Crippen LogP contribution is 2.76. The second kappa shape index (κ2) is 15.1. The van der Waals surface area contributed by atoms with Crippen LogP contribution >= 0.6 is 0 Å². The Kier molecular flexibility index (Phi) is 11.7. The molecular weight excluding hydrogens is 736 g/mol. The first-order chi connectivity index (χ1) is 26.3. The summed E-state index contributed by atoms with van der Waals surface area (Å²) in [7, 11) is 0. The maximum atomic E-state index is 13.5. The van der Waals surface area contributed by atoms with Gasteiger partial charge in [0.1, 0.15) is 18.5 Å². The molecule has 6 fully saturated rings. The lowest BCUT2D eigenvalue weighted by Crippen LogP contribution is -2.68. The molecule has 57 heavy (non-hydrogen) atoms. The molecule has 2 heterocycles. The van der Waals surface area contributed by atoms with E-state index in [1.54, 1.807) is 13.8 Å². The monoisotopic (exact) mass is 804 g/mol. The van der Waals surface area contributed by atoms with Gasteiger partial charge in [-0.05, 0) is 112 Å². The van der Waals surface area contributed by atoms with Crippen molar-refractivity contribution in [1.82, 2.24) is 0 Å². The largest absolute Gasteiger partial charge is 0.463 e. The SMILES string of the molecule is CC(=O)OC[C@H]1O[C@@H](O[C@@H]2C[C@@H]3[C@@]4(C)CCC(=O)C(C)(C)[C@@H]4CC[C@@]3(C)[C@]3(C)CC[C@H]([C@]4(C)CC[C@H](C(C)(C)O)O4)[C@@H]23)[C@H](OC(C)=O)[C@@H](OC(C)=O)[C@@H]1OC(C)=O. The van der Waals surface area contributed by atoms with E-state index in [9.17, 15) is 29.1 Å². The summed E-state index contributed by atoms with van der Waals surface area (Å²) >= 11 is 0. The minimum absolute atomic E-state index is 0.0261. The third-order valence-electron chi connectivity index (χ3n) is 16.3. The van der Waals surface area contributed by atoms with E-state index in [2.05, 4.69) is 41.5 Å². The molecule has 322 valence electrons. The van der Waals surface area contributed by atoms with Crippen LogP contribution in [0, 0.1) is 45.3 Å². The predicted octanol–water partition coefficient (Wildman–Crippen LogP) is 6.03. The molecule has 0 aromatic rings. The highest BCUT2D eigenvalue weighted by Gasteiger charge is 2.73. The van der Waals surface area contributed by atoms with Gasteiger partial charge in [0.2, 0.25) is 0 Å². The lowest BCUT2D eigenvalue weighted by molar-refractivity contribution is -0.337. The Hall–Kier alpha value is -2.61. The van der Waals surface area contributed by atoms with E-state index in [1.807, 2.05) is 0 Å². The number of aliphatic hydroxyl groups is 1. The summed E-state index contributed by atoms with van der Waals surface area (Å²) in [5, 5.41) is 11.1. The molecular formula is C44H68O13. The Morgan fingerprint density at radius 3 is 1.93 bits per heavy atom. The van der Waals surface area contributed by atoms with E-state index in [1.165, 1.54) is 27.7 Å². The van der Waals surface area contributed by atoms with E-state index in [4.69, 9.17) is 33.2 Å². The number of ketones is 1. The second-order valence-electron chi connectivity index (χ2n) is 20.4. The quantitative estimate of drug-likeness (QED) is 0.163. The van der Waals surface area contributed by atoms with Crippen molar-refractivity contribution < 1.29 is 62.2 Å². The van der Waals surface area contributed by atoms with Crippen LogP contribution in [0.3, 0.4) is 0 Å². The topological polar surface area (TPSA) is 170 Å². The van der Waals surface area contributed by atoms with E-state index in [0.29, 0.717) is 25.0 Å². The zero-order valence-electron chi connectivity index (χ0n) is 36.3. The summed E-state index contributed by atoms with van der Waals surface area (Å²) in [6, 6.07) is 0. The molecule has 4 saturated carbocycles. The fourth-order valence-electron chi connectivity index (χ4n) is 13.5. The van der Waals surface area contributed by atoms with Crippen LogP contribution in [-0.4, -0.2) is 95.5 Å². The molecule has 2 saturated heterocycles. The van der Waals surface area contributed by atoms with E-state index >= 15 is 0 Å². The summed E-state index contributed by atoms with van der Waals surface area (Å²) in [4.78, 5) is 63.5. The molecule has 4 aliphatic carbocycles. The van der Waals surface area contributed by atoms with Crippen molar-refractivity contribution in [2.75, 3.05) is 6.61 Å². The van der Waals surface area contributed by atoms with E-state index in [0.717, 1.165) is 38.5 Å². The average Bonchev–Trinajstić information content (AvgIpc) is 3.68. The summed E-state index contributed by atoms with van der Waals surface area (Å²) in [6.07, 6.45) is -0.140. The molecule has 0 radical (unpaired) electrons. The van der Waals surface area contributed by atoms with Crippen LogP contribution in [0.1, 0.15) is 141 Å². The number of carbonyl (C=O) groups excluding carboxylic acids is 5. The highest BCUT2D eigenvalue weighted by atomic mass is 16.7. The minimum Gasteiger partial charge on any atom is -0.463 e. The normalized spacial score (nSPS) is 45.2. The number of fused-ring (bicyclic) bond motifs is 5. The first kappa shape index (κ1) is 44.0. The van der Waals surface area contributed by atoms with Gasteiger partial charge >= 0.3 is 23.9 Å². The number of carbonyl (C=O) groups is 5. The van der Waals surface area contributed by atoms with Gasteiger partial charge in [0.25, 0.3) is 0 Å². The van der Waals surface area contributed by atoms with Gasteiger partial charge in [0.05, 0.1) is 23.4 Å². The molecule has 0 amide bonds. The van der Waals surface area contributed by atoms with Gasteiger partial charge in [-0.3, -0.25) is 24.0 Å². The maximum absolute atomic E-state index is 13.5. The van der Waals surface area contributed by atoms with Gasteiger partial charge in [-0.15, -0.1) is 0 Å². The summed E-state index contributed by atoms with van der Waals surface area (Å²) in [6.45, 7) is 21.8. The molecule has 15 atom stereocenters. The van der Waals surface area contributed by atoms with Crippen LogP contribution in [0.4, 0.5) is 0 Å². The maximum Gasteiger partial charge on any atom is 0.303 e. The number of ether oxygens (including phenoxy) is 7. The standard InChI is InChI=1S/C44H68O13/c1-23(45)51-22-29-35(52-24(2)46)36(53-25(3)47)37(54-26(4)48)38(56-29)55-28-21-31-41(9)17-15-32(49)39(5,6)30(41)14-19-42(31,10)43(11)18-13-27(34(28)43)44(12)20-16-33(57-44)40(7,8)50/h27-31,33-38,50H,13-22H2,1-12H3/t27-,28+,29+,30-,31+,33+,34-,35+,36-,37+,38+,41-,42+,43+,44-/m0/s1. The molecule has 13 heteroatoms. The fraction of sp³-hybridized carbons (Fsp3) is 0.886. The number of esters is 4. The van der Waals surface area contributed by atoms with Crippen molar-refractivity contribution in [3.8, 4) is 0 Å². The van der Waals surface area contributed by atoms with Gasteiger partial charge in [0, 0.05) is 39.5 Å². The van der Waals surface area contributed by atoms with Crippen LogP contribution < -0.4 is 0 Å². The predicted molar refractivity (Wildman–Crippen MR) is 205 cm³/mol. The van der Waals surface area contributed by atoms with Gasteiger partial charge in [-0.2, -0.15) is 0 Å². The number of hydrogen-bond acceptors (Lipinski definition) is 13. The first-order valence-electron chi connectivity index (χ1n) is 21.2. The minimum atomic E-state index is -1.35. The van der Waals surface area contributed by atoms with Crippen LogP contribution in [-0.2, 0) is 57.1 Å². The number of rotatable bonds is 9. The Labute approximate surface area is 338 Å². The Balaban J connectivity index is 1.47. The van der Waals surface area contributed by atoms with Crippen LogP contribution in [0.5, 0.6) is 0 Å². The van der Waals surface area contributed by atoms with Crippen LogP contribution in [0.25, 0.3) is 0 Å². The van der Waals surface area contributed by atoms with Gasteiger partial charge in [-0.1, -0.05) is 34.6 Å². The Morgan fingerprint density at radius 1 is 0.754 bits per heavy atom. The van der Waals surface area contributed by atoms with Crippen molar-refractivity contribution >= 4 is 29.7 Å². The molecule has 0 aromatic carbocycles. The molecule has 6 rings (SSSR count). The van der Waals surface area contributed by atoms with Gasteiger partial charge in [0.15, 0.2) is 24.6 Å². The molecule has 1 N–H and O–H groups in total. The molecule has 6 aliphatic rings. The third kappa shape index (κ3) is 7.58. The fourth-order valence-corrected chi connectivity index (χ4v) is 13.5. The Bertz CT molecular complexity index is 1600. The molecule has 0 unspecified atom stereocenters. The molecule has 0 bridgehead atoms. The van der Waals surface area contributed by atoms with Crippen molar-refractivity contribution in [2.45, 2.75) is 195 Å². The van der Waals surface area contributed by atoms with Crippen LogP contribution in [0.15, 0.2) is 0 Å². The van der Waals surface area contributed by atoms with Crippen molar-refractivity contribution in [2.24, 2.45) is 45.3 Å². The van der Waals surface area contributed by atoms with Gasteiger partial charge in [-0.25, -0.2) is 0 Å². The lowest BCUT2D eigenvalue weighted by Gasteiger charge is -2.70. The number of hydrogen-bond donors (Lipinski definition) is 1. The summed E-state index contributed by atoms with van der Waals surface area (Å²) in [5.74, 6) is -2.10. The van der Waals surface area contributed by atoms with Gasteiger partial charge < -0.3 is 38.3 Å². The first-order valence-corrected chi connectivity index (χ1v) is 21.2. The van der Waals surface area contributed by atoms with Crippen LogP contribution in [0.2, 0.25) is 0 Å². The zero-order chi connectivity index (χ0) is 42.3. The van der Waals surface area contributed by atoms with Crippen molar-refractivity contribution in [1.29, 1.82) is 0 Å². The third-order valence-corrected chi connectivity index (χ3v) is 16.3. The highest BCUT2D eigenvalue weighted by molar-refractivity contribution is 5.85.